The van der Waals surface area contributed by atoms with E-state index in [4.69, 9.17) is 19.3 Å². The Hall–Kier alpha value is -1.52. The number of carbonyl (C=O) groups excluding carboxylic acids is 1. The third kappa shape index (κ3) is 23.8. The lowest BCUT2D eigenvalue weighted by Crippen LogP contribution is -2.27. The Kier molecular flexibility index (Phi) is 26.2. The SMILES string of the molecule is CCCCCCCCCCCCCC/C=C/OC[C@H](COP(=O)(O)O)OC(=O)C/C=C\C[C@H]1[C@@H](/C=C/[C@H](O)CCCCC)[C@H](O)C[C@@H]1O. The van der Waals surface area contributed by atoms with E-state index >= 15 is 0 Å². The van der Waals surface area contributed by atoms with Crippen molar-refractivity contribution in [1.82, 2.24) is 0 Å². The Bertz CT molecular complexity index is 933. The molecule has 0 bridgehead atoms. The zero-order valence-electron chi connectivity index (χ0n) is 29.7. The van der Waals surface area contributed by atoms with Crippen LogP contribution < -0.4 is 0 Å². The van der Waals surface area contributed by atoms with Crippen molar-refractivity contribution in [1.29, 1.82) is 0 Å². The Balaban J connectivity index is 2.38. The van der Waals surface area contributed by atoms with E-state index in [0.29, 0.717) is 12.8 Å². The lowest BCUT2D eigenvalue weighted by atomic mass is 9.89. The van der Waals surface area contributed by atoms with Gasteiger partial charge in [0.2, 0.25) is 0 Å². The number of carbonyl (C=O) groups is 1. The average Bonchev–Trinajstić information content (AvgIpc) is 3.31. The maximum atomic E-state index is 12.5. The van der Waals surface area contributed by atoms with E-state index in [1.807, 2.05) is 6.08 Å². The molecule has 5 N–H and O–H groups in total. The molecule has 0 amide bonds. The summed E-state index contributed by atoms with van der Waals surface area (Å²) in [6.07, 6.45) is 27.8. The van der Waals surface area contributed by atoms with Crippen LogP contribution in [0, 0.1) is 11.8 Å². The number of ether oxygens (including phenoxy) is 2. The van der Waals surface area contributed by atoms with Crippen LogP contribution in [0.1, 0.15) is 142 Å². The summed E-state index contributed by atoms with van der Waals surface area (Å²) in [6.45, 7) is 3.71. The second-order valence-corrected chi connectivity index (χ2v) is 14.5. The number of rotatable bonds is 30. The molecular weight excluding hydrogens is 635 g/mol. The largest absolute Gasteiger partial charge is 0.498 e. The number of hydrogen-bond acceptors (Lipinski definition) is 8. The third-order valence-electron chi connectivity index (χ3n) is 8.86. The Labute approximate surface area is 290 Å². The quantitative estimate of drug-likeness (QED) is 0.0164. The molecule has 1 rings (SSSR count). The number of aliphatic hydroxyl groups excluding tert-OH is 3. The molecule has 48 heavy (non-hydrogen) atoms. The summed E-state index contributed by atoms with van der Waals surface area (Å²) in [4.78, 5) is 30.7. The van der Waals surface area contributed by atoms with Gasteiger partial charge in [-0.2, -0.15) is 0 Å². The van der Waals surface area contributed by atoms with Crippen LogP contribution in [0.2, 0.25) is 0 Å². The number of aliphatic hydroxyl groups is 3. The molecular formula is C37H67O10P. The lowest BCUT2D eigenvalue weighted by Gasteiger charge is -2.20. The van der Waals surface area contributed by atoms with Gasteiger partial charge in [0.05, 0.1) is 37.6 Å². The van der Waals surface area contributed by atoms with E-state index in [9.17, 15) is 24.7 Å². The fourth-order valence-electron chi connectivity index (χ4n) is 6.03. The zero-order valence-corrected chi connectivity index (χ0v) is 30.6. The summed E-state index contributed by atoms with van der Waals surface area (Å²) >= 11 is 0. The van der Waals surface area contributed by atoms with Gasteiger partial charge in [0.1, 0.15) is 6.61 Å². The molecule has 0 aliphatic heterocycles. The van der Waals surface area contributed by atoms with Crippen LogP contribution in [-0.2, 0) is 23.4 Å². The minimum absolute atomic E-state index is 0.0940. The first-order valence-corrected chi connectivity index (χ1v) is 20.1. The van der Waals surface area contributed by atoms with Gasteiger partial charge in [-0.3, -0.25) is 9.32 Å². The molecule has 11 heteroatoms. The average molecular weight is 703 g/mol. The van der Waals surface area contributed by atoms with Gasteiger partial charge in [-0.1, -0.05) is 128 Å². The highest BCUT2D eigenvalue weighted by atomic mass is 31.2. The summed E-state index contributed by atoms with van der Waals surface area (Å²) in [7, 11) is -4.76. The van der Waals surface area contributed by atoms with Gasteiger partial charge in [-0.25, -0.2) is 4.57 Å². The van der Waals surface area contributed by atoms with Crippen molar-refractivity contribution in [2.24, 2.45) is 11.8 Å². The molecule has 1 aliphatic rings. The summed E-state index contributed by atoms with van der Waals surface area (Å²) in [5.41, 5.74) is 0. The van der Waals surface area contributed by atoms with Crippen LogP contribution in [0.15, 0.2) is 36.6 Å². The fourth-order valence-corrected chi connectivity index (χ4v) is 6.39. The van der Waals surface area contributed by atoms with Crippen molar-refractivity contribution in [3.8, 4) is 0 Å². The standard InChI is InChI=1S/C37H67O10P/c1-3-5-7-8-9-10-11-12-13-14-15-16-17-21-27-45-29-32(30-46-48(42,43)44)47-37(41)24-20-19-23-33-34(36(40)28-35(33)39)26-25-31(38)22-18-6-4-2/h19-21,25-27,31-36,38-40H,3-18,22-24,28-30H2,1-2H3,(H2,42,43,44)/b20-19-,26-25+,27-21+/t31-,32-,33+,34-,35+,36-/m1/s1. The zero-order chi connectivity index (χ0) is 35.5. The summed E-state index contributed by atoms with van der Waals surface area (Å²) in [5, 5.41) is 31.1. The highest BCUT2D eigenvalue weighted by Crippen LogP contribution is 2.37. The molecule has 0 spiro atoms. The van der Waals surface area contributed by atoms with Crippen LogP contribution in [0.5, 0.6) is 0 Å². The molecule has 0 aromatic heterocycles. The van der Waals surface area contributed by atoms with E-state index in [0.717, 1.165) is 38.5 Å². The second kappa shape index (κ2) is 28.2. The van der Waals surface area contributed by atoms with Crippen molar-refractivity contribution >= 4 is 13.8 Å². The van der Waals surface area contributed by atoms with Crippen molar-refractivity contribution in [3.63, 3.8) is 0 Å². The summed E-state index contributed by atoms with van der Waals surface area (Å²) < 4.78 is 26.6. The highest BCUT2D eigenvalue weighted by molar-refractivity contribution is 7.46. The Morgan fingerprint density at radius 2 is 1.42 bits per heavy atom. The normalized spacial score (nSPS) is 21.5. The molecule has 0 radical (unpaired) electrons. The number of hydrogen-bond donors (Lipinski definition) is 5. The predicted molar refractivity (Wildman–Crippen MR) is 190 cm³/mol. The number of allylic oxidation sites excluding steroid dienone is 2. The van der Waals surface area contributed by atoms with Crippen LogP contribution in [0.4, 0.5) is 0 Å². The summed E-state index contributed by atoms with van der Waals surface area (Å²) in [5.74, 6) is -1.18. The van der Waals surface area contributed by atoms with E-state index in [-0.39, 0.29) is 31.3 Å². The second-order valence-electron chi connectivity index (χ2n) is 13.3. The van der Waals surface area contributed by atoms with Crippen LogP contribution in [-0.4, -0.2) is 68.7 Å². The monoisotopic (exact) mass is 702 g/mol. The van der Waals surface area contributed by atoms with Crippen LogP contribution >= 0.6 is 7.82 Å². The number of unbranched alkanes of at least 4 members (excludes halogenated alkanes) is 14. The summed E-state index contributed by atoms with van der Waals surface area (Å²) in [6, 6.07) is 0. The van der Waals surface area contributed by atoms with Gasteiger partial charge >= 0.3 is 13.8 Å². The van der Waals surface area contributed by atoms with E-state index in [1.165, 1.54) is 70.5 Å². The molecule has 0 aromatic rings. The molecule has 6 atom stereocenters. The first-order chi connectivity index (χ1) is 23.1. The molecule has 280 valence electrons. The minimum atomic E-state index is -4.76. The van der Waals surface area contributed by atoms with Crippen LogP contribution in [0.25, 0.3) is 0 Å². The molecule has 1 saturated carbocycles. The van der Waals surface area contributed by atoms with Gasteiger partial charge in [0.15, 0.2) is 6.10 Å². The van der Waals surface area contributed by atoms with Crippen molar-refractivity contribution in [2.45, 2.75) is 167 Å². The first-order valence-electron chi connectivity index (χ1n) is 18.6. The first kappa shape index (κ1) is 44.5. The smallest absolute Gasteiger partial charge is 0.469 e. The van der Waals surface area contributed by atoms with Crippen molar-refractivity contribution in [3.05, 3.63) is 36.6 Å². The highest BCUT2D eigenvalue weighted by Gasteiger charge is 2.39. The Morgan fingerprint density at radius 3 is 2.04 bits per heavy atom. The molecule has 0 unspecified atom stereocenters. The molecule has 1 aliphatic carbocycles. The number of phosphoric ester groups is 1. The molecule has 0 aromatic carbocycles. The van der Waals surface area contributed by atoms with Gasteiger partial charge in [0, 0.05) is 12.3 Å². The maximum Gasteiger partial charge on any atom is 0.469 e. The van der Waals surface area contributed by atoms with Crippen molar-refractivity contribution < 1.29 is 48.5 Å². The number of phosphoric acid groups is 1. The topological polar surface area (TPSA) is 163 Å². The molecule has 1 fully saturated rings. The minimum Gasteiger partial charge on any atom is -0.498 e. The van der Waals surface area contributed by atoms with Gasteiger partial charge in [-0.15, -0.1) is 0 Å². The van der Waals surface area contributed by atoms with Gasteiger partial charge in [-0.05, 0) is 37.7 Å². The Morgan fingerprint density at radius 1 is 0.812 bits per heavy atom. The molecule has 0 saturated heterocycles. The third-order valence-corrected chi connectivity index (χ3v) is 9.35. The van der Waals surface area contributed by atoms with Crippen molar-refractivity contribution in [2.75, 3.05) is 13.2 Å². The van der Waals surface area contributed by atoms with E-state index in [2.05, 4.69) is 18.4 Å². The predicted octanol–water partition coefficient (Wildman–Crippen LogP) is 7.82. The van der Waals surface area contributed by atoms with Gasteiger partial charge < -0.3 is 34.6 Å². The molecule has 0 heterocycles. The molecule has 10 nitrogen and oxygen atoms in total. The number of esters is 1. The van der Waals surface area contributed by atoms with Crippen LogP contribution in [0.3, 0.4) is 0 Å². The van der Waals surface area contributed by atoms with E-state index in [1.54, 1.807) is 24.3 Å². The van der Waals surface area contributed by atoms with E-state index < -0.39 is 44.8 Å². The maximum absolute atomic E-state index is 12.5. The lowest BCUT2D eigenvalue weighted by molar-refractivity contribution is -0.152. The van der Waals surface area contributed by atoms with Gasteiger partial charge in [0.25, 0.3) is 0 Å². The fraction of sp³-hybridized carbons (Fsp3) is 0.811.